The molecule has 1 aromatic rings. The first-order valence-electron chi connectivity index (χ1n) is 16.5. The summed E-state index contributed by atoms with van der Waals surface area (Å²) in [6, 6.07) is 5.60. The lowest BCUT2D eigenvalue weighted by molar-refractivity contribution is -0.243. The number of esters is 3. The van der Waals surface area contributed by atoms with Crippen LogP contribution in [0.5, 0.6) is 0 Å². The summed E-state index contributed by atoms with van der Waals surface area (Å²) in [5.74, 6) is -2.10. The SMILES string of the molecule is CC1=CC[C@]23COC(=O)[C@H](OC(=O)OCCSSc4ccccn4)[C@@H](C)CCOC(=O)/C=C/C=C\C(=O)O[C@H]4C[C@H](O[C@@H]2C1)[C@@]1(CO1)[C@]43C. The maximum atomic E-state index is 13.9. The lowest BCUT2D eigenvalue weighted by Gasteiger charge is -2.58. The smallest absolute Gasteiger partial charge is 0.463 e. The van der Waals surface area contributed by atoms with Crippen molar-refractivity contribution in [2.75, 3.05) is 32.2 Å². The summed E-state index contributed by atoms with van der Waals surface area (Å²) in [6.07, 6.45) is 7.26. The van der Waals surface area contributed by atoms with Crippen LogP contribution in [0.25, 0.3) is 0 Å². The van der Waals surface area contributed by atoms with Gasteiger partial charge in [-0.05, 0) is 49.1 Å². The Kier molecular flexibility index (Phi) is 10.8. The van der Waals surface area contributed by atoms with Crippen molar-refractivity contribution < 1.29 is 52.3 Å². The number of epoxide rings is 1. The molecule has 2 aliphatic carbocycles. The average Bonchev–Trinajstić information content (AvgIpc) is 3.87. The zero-order valence-corrected chi connectivity index (χ0v) is 29.3. The molecule has 0 aromatic carbocycles. The second-order valence-corrected chi connectivity index (χ2v) is 15.7. The molecule has 3 fully saturated rings. The fourth-order valence-corrected chi connectivity index (χ4v) is 9.32. The zero-order chi connectivity index (χ0) is 34.6. The third-order valence-electron chi connectivity index (χ3n) is 10.5. The van der Waals surface area contributed by atoms with Gasteiger partial charge in [0.15, 0.2) is 0 Å². The van der Waals surface area contributed by atoms with E-state index in [0.29, 0.717) is 31.6 Å². The third kappa shape index (κ3) is 7.15. The lowest BCUT2D eigenvalue weighted by atomic mass is 9.51. The fourth-order valence-electron chi connectivity index (χ4n) is 7.61. The first-order valence-corrected chi connectivity index (χ1v) is 18.8. The van der Waals surface area contributed by atoms with Gasteiger partial charge in [0, 0.05) is 41.9 Å². The Bertz CT molecular complexity index is 1510. The summed E-state index contributed by atoms with van der Waals surface area (Å²) in [4.78, 5) is 56.3. The van der Waals surface area contributed by atoms with Crippen LogP contribution in [0.1, 0.15) is 46.5 Å². The number of nitrogens with zero attached hydrogens (tertiary/aromatic N) is 1. The molecule has 0 N–H and O–H groups in total. The molecule has 2 saturated heterocycles. The van der Waals surface area contributed by atoms with Gasteiger partial charge in [-0.2, -0.15) is 0 Å². The van der Waals surface area contributed by atoms with Gasteiger partial charge >= 0.3 is 24.1 Å². The first kappa shape index (κ1) is 35.5. The zero-order valence-electron chi connectivity index (χ0n) is 27.7. The number of ether oxygens (including phenoxy) is 7. The molecule has 14 heteroatoms. The lowest BCUT2D eigenvalue weighted by Crippen LogP contribution is -2.67. The summed E-state index contributed by atoms with van der Waals surface area (Å²) in [7, 11) is 2.92. The van der Waals surface area contributed by atoms with Crippen molar-refractivity contribution in [3.8, 4) is 0 Å². The molecule has 6 rings (SSSR count). The monoisotopic (exact) mass is 715 g/mol. The van der Waals surface area contributed by atoms with Crippen LogP contribution in [-0.4, -0.2) is 91.2 Å². The Morgan fingerprint density at radius 1 is 1.06 bits per heavy atom. The van der Waals surface area contributed by atoms with Crippen molar-refractivity contribution in [3.63, 3.8) is 0 Å². The second kappa shape index (κ2) is 14.9. The van der Waals surface area contributed by atoms with Crippen LogP contribution in [0.4, 0.5) is 4.79 Å². The Morgan fingerprint density at radius 2 is 1.86 bits per heavy atom. The van der Waals surface area contributed by atoms with Crippen LogP contribution in [0.2, 0.25) is 0 Å². The van der Waals surface area contributed by atoms with E-state index in [1.165, 1.54) is 45.9 Å². The predicted octanol–water partition coefficient (Wildman–Crippen LogP) is 5.17. The molecule has 2 bridgehead atoms. The summed E-state index contributed by atoms with van der Waals surface area (Å²) in [5.41, 5.74) is -1.12. The first-order chi connectivity index (χ1) is 23.6. The van der Waals surface area contributed by atoms with E-state index in [4.69, 9.17) is 33.2 Å². The molecule has 0 radical (unpaired) electrons. The molecule has 49 heavy (non-hydrogen) atoms. The number of allylic oxidation sites excluding steroid dienone is 3. The number of rotatable bonds is 6. The van der Waals surface area contributed by atoms with Crippen LogP contribution in [-0.2, 0) is 47.5 Å². The van der Waals surface area contributed by atoms with Crippen molar-refractivity contribution in [1.82, 2.24) is 4.98 Å². The molecule has 0 amide bonds. The minimum absolute atomic E-state index is 0.0490. The third-order valence-corrected chi connectivity index (χ3v) is 12.7. The van der Waals surface area contributed by atoms with Gasteiger partial charge in [0.05, 0.1) is 30.8 Å². The standard InChI is InChI=1S/C35H41NO11S2/c1-22-11-13-34-20-43-31(39)30(47-32(40)42-16-17-48-49-27-8-6-7-14-36-27)23(2)12-15-41-28(37)9-4-5-10-29(38)46-24-19-26(45-25(34)18-22)35(21-44-35)33(24,34)3/h4-11,14,23-26,30H,12-13,15-21H2,1-3H3/b9-4+,10-5-/t23-,24-,25+,26-,30+,33+,34-,35-/m0/s1. The van der Waals surface area contributed by atoms with Crippen LogP contribution < -0.4 is 0 Å². The van der Waals surface area contributed by atoms with Crippen LogP contribution in [0.15, 0.2) is 65.4 Å². The topological polar surface area (TPSA) is 149 Å². The predicted molar refractivity (Wildman–Crippen MR) is 178 cm³/mol. The van der Waals surface area contributed by atoms with Crippen molar-refractivity contribution in [2.24, 2.45) is 16.7 Å². The molecular formula is C35H41NO11S2. The molecule has 3 aliphatic heterocycles. The molecule has 0 unspecified atom stereocenters. The van der Waals surface area contributed by atoms with Gasteiger partial charge in [0.25, 0.3) is 0 Å². The number of hydrogen-bond donors (Lipinski definition) is 0. The van der Waals surface area contributed by atoms with E-state index >= 15 is 0 Å². The molecule has 4 heterocycles. The van der Waals surface area contributed by atoms with E-state index < -0.39 is 58.6 Å². The summed E-state index contributed by atoms with van der Waals surface area (Å²) in [5, 5.41) is 0.829. The van der Waals surface area contributed by atoms with E-state index in [9.17, 15) is 19.2 Å². The highest BCUT2D eigenvalue weighted by molar-refractivity contribution is 8.76. The van der Waals surface area contributed by atoms with Crippen molar-refractivity contribution in [1.29, 1.82) is 0 Å². The highest BCUT2D eigenvalue weighted by Crippen LogP contribution is 2.72. The maximum absolute atomic E-state index is 13.9. The van der Waals surface area contributed by atoms with E-state index in [1.54, 1.807) is 13.1 Å². The average molecular weight is 716 g/mol. The van der Waals surface area contributed by atoms with E-state index in [1.807, 2.05) is 32.0 Å². The van der Waals surface area contributed by atoms with Gasteiger partial charge in [-0.1, -0.05) is 54.5 Å². The van der Waals surface area contributed by atoms with Gasteiger partial charge in [-0.15, -0.1) is 0 Å². The second-order valence-electron chi connectivity index (χ2n) is 13.2. The Hall–Kier alpha value is -3.33. The van der Waals surface area contributed by atoms with Crippen molar-refractivity contribution in [3.05, 3.63) is 60.3 Å². The van der Waals surface area contributed by atoms with Gasteiger partial charge in [-0.3, -0.25) is 0 Å². The molecule has 264 valence electrons. The fraction of sp³-hybridized carbons (Fsp3) is 0.571. The molecule has 1 aromatic heterocycles. The van der Waals surface area contributed by atoms with E-state index in [-0.39, 0.29) is 38.4 Å². The van der Waals surface area contributed by atoms with Crippen LogP contribution in [0, 0.1) is 16.7 Å². The molecule has 2 spiro atoms. The quantitative estimate of drug-likeness (QED) is 0.0952. The van der Waals surface area contributed by atoms with Gasteiger partial charge < -0.3 is 33.2 Å². The molecule has 12 nitrogen and oxygen atoms in total. The van der Waals surface area contributed by atoms with Crippen LogP contribution in [0.3, 0.4) is 0 Å². The molecular weight excluding hydrogens is 675 g/mol. The van der Waals surface area contributed by atoms with Gasteiger partial charge in [0.2, 0.25) is 6.10 Å². The molecule has 5 aliphatic rings. The number of pyridine rings is 1. The number of carbonyl (C=O) groups excluding carboxylic acids is 4. The Morgan fingerprint density at radius 3 is 2.61 bits per heavy atom. The maximum Gasteiger partial charge on any atom is 0.509 e. The van der Waals surface area contributed by atoms with E-state index in [0.717, 1.165) is 10.6 Å². The largest absolute Gasteiger partial charge is 0.509 e. The van der Waals surface area contributed by atoms with Crippen molar-refractivity contribution in [2.45, 2.75) is 81.5 Å². The number of carbonyl (C=O) groups is 4. The molecule has 8 atom stereocenters. The number of aromatic nitrogens is 1. The summed E-state index contributed by atoms with van der Waals surface area (Å²) < 4.78 is 41.2. The van der Waals surface area contributed by atoms with Crippen LogP contribution >= 0.6 is 21.6 Å². The van der Waals surface area contributed by atoms with Gasteiger partial charge in [-0.25, -0.2) is 24.2 Å². The summed E-state index contributed by atoms with van der Waals surface area (Å²) >= 11 is 0. The normalized spacial score (nSPS) is 37.2. The molecule has 1 saturated carbocycles. The highest BCUT2D eigenvalue weighted by Gasteiger charge is 2.83. The van der Waals surface area contributed by atoms with E-state index in [2.05, 4.69) is 11.1 Å². The Balaban J connectivity index is 1.21. The Labute approximate surface area is 293 Å². The number of hydrogen-bond acceptors (Lipinski definition) is 14. The summed E-state index contributed by atoms with van der Waals surface area (Å²) in [6.45, 7) is 6.15. The van der Waals surface area contributed by atoms with Gasteiger partial charge in [0.1, 0.15) is 29.9 Å². The minimum atomic E-state index is -1.34. The highest BCUT2D eigenvalue weighted by atomic mass is 33.1. The number of cyclic esters (lactones) is 2. The van der Waals surface area contributed by atoms with Crippen molar-refractivity contribution >= 4 is 45.7 Å². The minimum Gasteiger partial charge on any atom is -0.463 e.